The number of aromatic nitrogens is 3. The molecule has 22 heavy (non-hydrogen) atoms. The highest BCUT2D eigenvalue weighted by Crippen LogP contribution is 2.11. The normalized spacial score (nSPS) is 10.4. The molecule has 3 rings (SSSR count). The predicted octanol–water partition coefficient (Wildman–Crippen LogP) is 2.76. The van der Waals surface area contributed by atoms with Crippen LogP contribution in [-0.4, -0.2) is 20.7 Å². The molecule has 0 fully saturated rings. The lowest BCUT2D eigenvalue weighted by atomic mass is 10.2. The number of anilines is 1. The number of pyridine rings is 1. The third-order valence-corrected chi connectivity index (χ3v) is 3.29. The fourth-order valence-electron chi connectivity index (χ4n) is 2.15. The first kappa shape index (κ1) is 14.0. The molecule has 2 heterocycles. The summed E-state index contributed by atoms with van der Waals surface area (Å²) >= 11 is 0. The van der Waals surface area contributed by atoms with E-state index in [1.165, 1.54) is 0 Å². The molecule has 0 spiro atoms. The van der Waals surface area contributed by atoms with E-state index in [9.17, 15) is 4.79 Å². The van der Waals surface area contributed by atoms with Crippen LogP contribution in [0.1, 0.15) is 11.1 Å². The number of amides is 1. The van der Waals surface area contributed by atoms with Crippen LogP contribution in [0.25, 0.3) is 5.69 Å². The van der Waals surface area contributed by atoms with Crippen LogP contribution >= 0.6 is 0 Å². The third-order valence-electron chi connectivity index (χ3n) is 3.29. The van der Waals surface area contributed by atoms with Gasteiger partial charge in [-0.15, -0.1) is 0 Å². The quantitative estimate of drug-likeness (QED) is 0.804. The zero-order chi connectivity index (χ0) is 15.4. The Morgan fingerprint density at radius 3 is 2.77 bits per heavy atom. The largest absolute Gasteiger partial charge is 0.310 e. The van der Waals surface area contributed by atoms with Crippen LogP contribution in [-0.2, 0) is 11.2 Å². The second-order valence-corrected chi connectivity index (χ2v) is 5.02. The summed E-state index contributed by atoms with van der Waals surface area (Å²) in [6.45, 7) is 1.91. The number of benzene rings is 1. The summed E-state index contributed by atoms with van der Waals surface area (Å²) in [6.07, 6.45) is 5.50. The minimum atomic E-state index is -0.102. The molecule has 0 saturated heterocycles. The number of nitrogens with one attached hydrogen (secondary N) is 1. The molecule has 1 aromatic carbocycles. The van der Waals surface area contributed by atoms with Crippen molar-refractivity contribution in [3.63, 3.8) is 0 Å². The molecule has 0 atom stereocenters. The van der Waals surface area contributed by atoms with E-state index < -0.39 is 0 Å². The van der Waals surface area contributed by atoms with Gasteiger partial charge in [0.2, 0.25) is 5.91 Å². The number of nitrogens with zero attached hydrogens (tertiary/aromatic N) is 3. The van der Waals surface area contributed by atoms with Crippen molar-refractivity contribution >= 4 is 11.7 Å². The van der Waals surface area contributed by atoms with Crippen molar-refractivity contribution in [3.8, 4) is 5.69 Å². The van der Waals surface area contributed by atoms with Crippen molar-refractivity contribution in [2.24, 2.45) is 0 Å². The van der Waals surface area contributed by atoms with Gasteiger partial charge in [0, 0.05) is 12.4 Å². The molecular weight excluding hydrogens is 276 g/mol. The molecular formula is C17H16N4O. The monoisotopic (exact) mass is 292 g/mol. The van der Waals surface area contributed by atoms with E-state index in [-0.39, 0.29) is 12.3 Å². The Balaban J connectivity index is 1.68. The number of carbonyl (C=O) groups is 1. The summed E-state index contributed by atoms with van der Waals surface area (Å²) in [5.41, 5.74) is 2.76. The summed E-state index contributed by atoms with van der Waals surface area (Å²) in [6, 6.07) is 13.5. The lowest BCUT2D eigenvalue weighted by Crippen LogP contribution is -2.15. The molecule has 0 aliphatic carbocycles. The van der Waals surface area contributed by atoms with Gasteiger partial charge in [-0.3, -0.25) is 4.79 Å². The van der Waals surface area contributed by atoms with Crippen LogP contribution in [0.2, 0.25) is 0 Å². The first-order chi connectivity index (χ1) is 10.7. The maximum atomic E-state index is 12.1. The Morgan fingerprint density at radius 2 is 2.00 bits per heavy atom. The van der Waals surface area contributed by atoms with Crippen molar-refractivity contribution in [1.29, 1.82) is 0 Å². The van der Waals surface area contributed by atoms with Crippen LogP contribution in [0.15, 0.2) is 61.1 Å². The van der Waals surface area contributed by atoms with Crippen molar-refractivity contribution in [2.45, 2.75) is 13.3 Å². The Kier molecular flexibility index (Phi) is 3.96. The molecule has 0 aliphatic rings. The van der Waals surface area contributed by atoms with Crippen molar-refractivity contribution in [2.75, 3.05) is 5.32 Å². The van der Waals surface area contributed by atoms with Crippen LogP contribution in [0.4, 0.5) is 5.82 Å². The van der Waals surface area contributed by atoms with E-state index >= 15 is 0 Å². The second-order valence-electron chi connectivity index (χ2n) is 5.02. The van der Waals surface area contributed by atoms with Crippen molar-refractivity contribution in [3.05, 3.63) is 72.2 Å². The fraction of sp³-hybridized carbons (Fsp3) is 0.118. The highest BCUT2D eigenvalue weighted by Gasteiger charge is 2.09. The van der Waals surface area contributed by atoms with Gasteiger partial charge in [0.15, 0.2) is 0 Å². The average molecular weight is 292 g/mol. The van der Waals surface area contributed by atoms with Crippen LogP contribution < -0.4 is 5.32 Å². The second kappa shape index (κ2) is 6.22. The van der Waals surface area contributed by atoms with Crippen LogP contribution in [0.5, 0.6) is 0 Å². The predicted molar refractivity (Wildman–Crippen MR) is 84.9 cm³/mol. The first-order valence-electron chi connectivity index (χ1n) is 7.03. The maximum Gasteiger partial charge on any atom is 0.230 e. The van der Waals surface area contributed by atoms with Gasteiger partial charge in [-0.2, -0.15) is 5.10 Å². The topological polar surface area (TPSA) is 59.8 Å². The lowest BCUT2D eigenvalue weighted by Gasteiger charge is -2.05. The minimum Gasteiger partial charge on any atom is -0.310 e. The van der Waals surface area contributed by atoms with E-state index in [0.717, 1.165) is 16.8 Å². The summed E-state index contributed by atoms with van der Waals surface area (Å²) in [5.74, 6) is 0.498. The van der Waals surface area contributed by atoms with E-state index in [4.69, 9.17) is 0 Å². The van der Waals surface area contributed by atoms with Gasteiger partial charge < -0.3 is 5.32 Å². The Bertz CT molecular complexity index is 780. The molecule has 0 bridgehead atoms. The van der Waals surface area contributed by atoms with Crippen LogP contribution in [0.3, 0.4) is 0 Å². The summed E-state index contributed by atoms with van der Waals surface area (Å²) < 4.78 is 1.76. The molecule has 2 aromatic heterocycles. The number of rotatable bonds is 4. The molecule has 0 radical (unpaired) electrons. The molecule has 3 aromatic rings. The van der Waals surface area contributed by atoms with E-state index in [1.807, 2.05) is 55.6 Å². The highest BCUT2D eigenvalue weighted by atomic mass is 16.1. The number of carbonyl (C=O) groups excluding carboxylic acids is 1. The smallest absolute Gasteiger partial charge is 0.230 e. The average Bonchev–Trinajstić information content (AvgIpc) is 2.99. The minimum absolute atomic E-state index is 0.102. The number of aryl methyl sites for hydroxylation is 1. The zero-order valence-corrected chi connectivity index (χ0v) is 12.2. The van der Waals surface area contributed by atoms with E-state index in [2.05, 4.69) is 15.4 Å². The zero-order valence-electron chi connectivity index (χ0n) is 12.2. The van der Waals surface area contributed by atoms with Gasteiger partial charge >= 0.3 is 0 Å². The summed E-state index contributed by atoms with van der Waals surface area (Å²) in [4.78, 5) is 16.3. The standard InChI is InChI=1S/C17H16N4O/c1-13-6-5-9-18-17(13)20-16(22)10-14-11-19-21(12-14)15-7-3-2-4-8-15/h2-9,11-12H,10H2,1H3,(H,18,20,22). The molecule has 110 valence electrons. The van der Waals surface area contributed by atoms with Gasteiger partial charge in [-0.25, -0.2) is 9.67 Å². The number of para-hydroxylation sites is 1. The van der Waals surface area contributed by atoms with Gasteiger partial charge in [0.1, 0.15) is 5.82 Å². The Labute approximate surface area is 128 Å². The number of hydrogen-bond donors (Lipinski definition) is 1. The fourth-order valence-corrected chi connectivity index (χ4v) is 2.15. The molecule has 0 unspecified atom stereocenters. The molecule has 5 heteroatoms. The van der Waals surface area contributed by atoms with Gasteiger partial charge in [0.25, 0.3) is 0 Å². The highest BCUT2D eigenvalue weighted by molar-refractivity contribution is 5.91. The molecule has 1 amide bonds. The SMILES string of the molecule is Cc1cccnc1NC(=O)Cc1cnn(-c2ccccc2)c1. The van der Waals surface area contributed by atoms with Crippen molar-refractivity contribution in [1.82, 2.24) is 14.8 Å². The third kappa shape index (κ3) is 3.20. The Morgan fingerprint density at radius 1 is 1.18 bits per heavy atom. The van der Waals surface area contributed by atoms with Gasteiger partial charge in [-0.1, -0.05) is 24.3 Å². The number of hydrogen-bond acceptors (Lipinski definition) is 3. The van der Waals surface area contributed by atoms with Gasteiger partial charge in [-0.05, 0) is 36.2 Å². The first-order valence-corrected chi connectivity index (χ1v) is 7.03. The van der Waals surface area contributed by atoms with Gasteiger partial charge in [0.05, 0.1) is 18.3 Å². The summed E-state index contributed by atoms with van der Waals surface area (Å²) in [5, 5.41) is 7.11. The molecule has 1 N–H and O–H groups in total. The van der Waals surface area contributed by atoms with Crippen molar-refractivity contribution < 1.29 is 4.79 Å². The maximum absolute atomic E-state index is 12.1. The Hall–Kier alpha value is -2.95. The molecule has 5 nitrogen and oxygen atoms in total. The van der Waals surface area contributed by atoms with E-state index in [1.54, 1.807) is 17.1 Å². The molecule has 0 aliphatic heterocycles. The van der Waals surface area contributed by atoms with E-state index in [0.29, 0.717) is 5.82 Å². The lowest BCUT2D eigenvalue weighted by molar-refractivity contribution is -0.115. The summed E-state index contributed by atoms with van der Waals surface area (Å²) in [7, 11) is 0. The molecule has 0 saturated carbocycles. The van der Waals surface area contributed by atoms with Crippen LogP contribution in [0, 0.1) is 6.92 Å².